The van der Waals surface area contributed by atoms with Crippen LogP contribution in [0.3, 0.4) is 0 Å². The summed E-state index contributed by atoms with van der Waals surface area (Å²) in [5.74, 6) is -1.61. The molecule has 0 aromatic heterocycles. The van der Waals surface area contributed by atoms with Crippen molar-refractivity contribution in [1.29, 1.82) is 0 Å². The van der Waals surface area contributed by atoms with Crippen LogP contribution in [0.25, 0.3) is 0 Å². The Morgan fingerprint density at radius 3 is 2.32 bits per heavy atom. The topological polar surface area (TPSA) is 75.7 Å². The Kier molecular flexibility index (Phi) is 5.08. The molecule has 2 aromatic carbocycles. The van der Waals surface area contributed by atoms with Gasteiger partial charge in [-0.05, 0) is 42.3 Å². The molecule has 3 rings (SSSR count). The summed E-state index contributed by atoms with van der Waals surface area (Å²) in [6, 6.07) is 9.62. The maximum Gasteiger partial charge on any atom is 0.573 e. The van der Waals surface area contributed by atoms with Crippen LogP contribution in [0.2, 0.25) is 0 Å². The molecular formula is C19H15F3N2O4. The Bertz CT molecular complexity index is 939. The minimum absolute atomic E-state index is 0.181. The van der Waals surface area contributed by atoms with E-state index in [9.17, 15) is 27.6 Å². The Labute approximate surface area is 157 Å². The molecule has 0 aliphatic carbocycles. The maximum absolute atomic E-state index is 12.2. The third kappa shape index (κ3) is 4.13. The standard InChI is InChI=1S/C19H15F3N2O4/c1-24-17(26)14-7-4-12(10-15(14)18(24)27)16(25)23-9-8-11-2-5-13(6-3-11)28-19(20,21)22/h2-7,10H,8-9H2,1H3,(H,23,25). The van der Waals surface area contributed by atoms with E-state index in [-0.39, 0.29) is 29.0 Å². The van der Waals surface area contributed by atoms with Gasteiger partial charge in [0.05, 0.1) is 11.1 Å². The van der Waals surface area contributed by atoms with Gasteiger partial charge in [-0.1, -0.05) is 12.1 Å². The summed E-state index contributed by atoms with van der Waals surface area (Å²) in [5, 5.41) is 2.67. The number of alkyl halides is 3. The molecule has 0 saturated heterocycles. The molecule has 1 aliphatic heterocycles. The fourth-order valence-corrected chi connectivity index (χ4v) is 2.78. The Balaban J connectivity index is 1.57. The van der Waals surface area contributed by atoms with Crippen LogP contribution in [-0.2, 0) is 6.42 Å². The van der Waals surface area contributed by atoms with E-state index in [0.29, 0.717) is 12.0 Å². The van der Waals surface area contributed by atoms with Crippen LogP contribution in [0.4, 0.5) is 13.2 Å². The van der Waals surface area contributed by atoms with E-state index in [1.54, 1.807) is 0 Å². The Hall–Kier alpha value is -3.36. The number of hydrogen-bond acceptors (Lipinski definition) is 4. The van der Waals surface area contributed by atoms with Crippen LogP contribution in [0, 0.1) is 0 Å². The molecule has 1 aliphatic rings. The average molecular weight is 392 g/mol. The normalized spacial score (nSPS) is 13.5. The molecule has 0 radical (unpaired) electrons. The van der Waals surface area contributed by atoms with E-state index < -0.39 is 24.1 Å². The number of ether oxygens (including phenoxy) is 1. The second-order valence-corrected chi connectivity index (χ2v) is 6.13. The van der Waals surface area contributed by atoms with Gasteiger partial charge in [-0.15, -0.1) is 13.2 Å². The van der Waals surface area contributed by atoms with Crippen molar-refractivity contribution in [3.05, 3.63) is 64.7 Å². The van der Waals surface area contributed by atoms with E-state index in [4.69, 9.17) is 0 Å². The van der Waals surface area contributed by atoms with Crippen molar-refractivity contribution in [2.45, 2.75) is 12.8 Å². The number of carbonyl (C=O) groups excluding carboxylic acids is 3. The van der Waals surface area contributed by atoms with Crippen LogP contribution < -0.4 is 10.1 Å². The zero-order chi connectivity index (χ0) is 20.5. The molecule has 6 nitrogen and oxygen atoms in total. The molecule has 0 unspecified atom stereocenters. The van der Waals surface area contributed by atoms with Crippen LogP contribution in [0.5, 0.6) is 5.75 Å². The first-order valence-corrected chi connectivity index (χ1v) is 8.25. The first-order valence-electron chi connectivity index (χ1n) is 8.25. The molecule has 1 heterocycles. The second kappa shape index (κ2) is 7.34. The molecule has 146 valence electrons. The van der Waals surface area contributed by atoms with E-state index in [1.165, 1.54) is 49.5 Å². The minimum Gasteiger partial charge on any atom is -0.406 e. The summed E-state index contributed by atoms with van der Waals surface area (Å²) < 4.78 is 40.2. The lowest BCUT2D eigenvalue weighted by Crippen LogP contribution is -2.26. The van der Waals surface area contributed by atoms with Gasteiger partial charge in [0.15, 0.2) is 0 Å². The third-order valence-corrected chi connectivity index (χ3v) is 4.21. The summed E-state index contributed by atoms with van der Waals surface area (Å²) in [6.45, 7) is 0.238. The van der Waals surface area contributed by atoms with Gasteiger partial charge in [-0.2, -0.15) is 0 Å². The minimum atomic E-state index is -4.74. The number of amides is 3. The lowest BCUT2D eigenvalue weighted by Gasteiger charge is -2.10. The van der Waals surface area contributed by atoms with Crippen molar-refractivity contribution in [2.75, 3.05) is 13.6 Å². The molecule has 0 atom stereocenters. The van der Waals surface area contributed by atoms with Crippen molar-refractivity contribution < 1.29 is 32.3 Å². The lowest BCUT2D eigenvalue weighted by molar-refractivity contribution is -0.274. The highest BCUT2D eigenvalue weighted by molar-refractivity contribution is 6.21. The molecule has 2 aromatic rings. The number of nitrogens with one attached hydrogen (secondary N) is 1. The number of nitrogens with zero attached hydrogens (tertiary/aromatic N) is 1. The zero-order valence-electron chi connectivity index (χ0n) is 14.7. The quantitative estimate of drug-likeness (QED) is 0.794. The molecule has 0 saturated carbocycles. The van der Waals surface area contributed by atoms with Gasteiger partial charge >= 0.3 is 6.36 Å². The van der Waals surface area contributed by atoms with Gasteiger partial charge < -0.3 is 10.1 Å². The smallest absolute Gasteiger partial charge is 0.406 e. The number of fused-ring (bicyclic) bond motifs is 1. The predicted octanol–water partition coefficient (Wildman–Crippen LogP) is 2.78. The maximum atomic E-state index is 12.2. The molecule has 3 amide bonds. The van der Waals surface area contributed by atoms with Gasteiger partial charge in [-0.25, -0.2) is 0 Å². The number of rotatable bonds is 5. The van der Waals surface area contributed by atoms with Gasteiger partial charge in [0, 0.05) is 19.2 Å². The van der Waals surface area contributed by atoms with Crippen molar-refractivity contribution in [2.24, 2.45) is 0 Å². The number of benzene rings is 2. The summed E-state index contributed by atoms with van der Waals surface area (Å²) in [6.07, 6.45) is -4.35. The summed E-state index contributed by atoms with van der Waals surface area (Å²) in [5.41, 5.74) is 1.39. The molecule has 9 heteroatoms. The second-order valence-electron chi connectivity index (χ2n) is 6.13. The monoisotopic (exact) mass is 392 g/mol. The van der Waals surface area contributed by atoms with E-state index in [1.807, 2.05) is 0 Å². The highest BCUT2D eigenvalue weighted by atomic mass is 19.4. The Morgan fingerprint density at radius 2 is 1.68 bits per heavy atom. The fraction of sp³-hybridized carbons (Fsp3) is 0.211. The lowest BCUT2D eigenvalue weighted by atomic mass is 10.1. The fourth-order valence-electron chi connectivity index (χ4n) is 2.78. The largest absolute Gasteiger partial charge is 0.573 e. The SMILES string of the molecule is CN1C(=O)c2ccc(C(=O)NCCc3ccc(OC(F)(F)F)cc3)cc2C1=O. The molecule has 0 fully saturated rings. The van der Waals surface area contributed by atoms with Crippen LogP contribution in [0.15, 0.2) is 42.5 Å². The molecular weight excluding hydrogens is 377 g/mol. The number of hydrogen-bond donors (Lipinski definition) is 1. The van der Waals surface area contributed by atoms with Crippen molar-refractivity contribution in [3.63, 3.8) is 0 Å². The molecule has 0 bridgehead atoms. The summed E-state index contributed by atoms with van der Waals surface area (Å²) in [7, 11) is 1.37. The van der Waals surface area contributed by atoms with E-state index in [2.05, 4.69) is 10.1 Å². The third-order valence-electron chi connectivity index (χ3n) is 4.21. The van der Waals surface area contributed by atoms with Gasteiger partial charge in [0.25, 0.3) is 17.7 Å². The van der Waals surface area contributed by atoms with E-state index >= 15 is 0 Å². The predicted molar refractivity (Wildman–Crippen MR) is 92.0 cm³/mol. The molecule has 0 spiro atoms. The number of carbonyl (C=O) groups is 3. The van der Waals surface area contributed by atoms with Crippen molar-refractivity contribution in [1.82, 2.24) is 10.2 Å². The average Bonchev–Trinajstić information content (AvgIpc) is 2.86. The van der Waals surface area contributed by atoms with Gasteiger partial charge in [0.2, 0.25) is 0 Å². The van der Waals surface area contributed by atoms with Gasteiger partial charge in [-0.3, -0.25) is 19.3 Å². The van der Waals surface area contributed by atoms with Crippen LogP contribution in [-0.4, -0.2) is 42.6 Å². The molecule has 28 heavy (non-hydrogen) atoms. The first kappa shape index (κ1) is 19.4. The summed E-state index contributed by atoms with van der Waals surface area (Å²) >= 11 is 0. The van der Waals surface area contributed by atoms with Crippen molar-refractivity contribution >= 4 is 17.7 Å². The highest BCUT2D eigenvalue weighted by Crippen LogP contribution is 2.23. The van der Waals surface area contributed by atoms with Gasteiger partial charge in [0.1, 0.15) is 5.75 Å². The zero-order valence-corrected chi connectivity index (χ0v) is 14.7. The number of halogens is 3. The summed E-state index contributed by atoms with van der Waals surface area (Å²) in [4.78, 5) is 37.1. The highest BCUT2D eigenvalue weighted by Gasteiger charge is 2.33. The van der Waals surface area contributed by atoms with E-state index in [0.717, 1.165) is 4.90 Å². The molecule has 1 N–H and O–H groups in total. The Morgan fingerprint density at radius 1 is 1.04 bits per heavy atom. The van der Waals surface area contributed by atoms with Crippen molar-refractivity contribution in [3.8, 4) is 5.75 Å². The van der Waals surface area contributed by atoms with Crippen LogP contribution >= 0.6 is 0 Å². The van der Waals surface area contributed by atoms with Crippen LogP contribution in [0.1, 0.15) is 36.6 Å². The first-order chi connectivity index (χ1) is 13.2. The number of imide groups is 1.